The molecule has 34 heavy (non-hydrogen) atoms. The van der Waals surface area contributed by atoms with Crippen LogP contribution in [0.25, 0.3) is 0 Å². The molecule has 11 nitrogen and oxygen atoms in total. The Hall–Kier alpha value is -3.34. The van der Waals surface area contributed by atoms with Crippen LogP contribution >= 0.6 is 0 Å². The van der Waals surface area contributed by atoms with Crippen LogP contribution in [0.5, 0.6) is 11.5 Å². The molecular weight excluding hydrogens is 450 g/mol. The molecule has 0 bridgehead atoms. The van der Waals surface area contributed by atoms with E-state index in [9.17, 15) is 24.3 Å². The summed E-state index contributed by atoms with van der Waals surface area (Å²) in [5.74, 6) is -2.14. The summed E-state index contributed by atoms with van der Waals surface area (Å²) in [6.07, 6.45) is 1.37. The third kappa shape index (κ3) is 7.62. The largest absolute Gasteiger partial charge is 0.513 e. The minimum Gasteiger partial charge on any atom is -0.480 e. The fourth-order valence-corrected chi connectivity index (χ4v) is 3.88. The summed E-state index contributed by atoms with van der Waals surface area (Å²) in [5.41, 5.74) is 4.79. The molecule has 1 fully saturated rings. The van der Waals surface area contributed by atoms with E-state index in [4.69, 9.17) is 19.9 Å². The Balaban J connectivity index is 2.17. The number of carboxylic acid groups (broad SMARTS) is 1. The number of nitrogens with two attached hydrogens (primary N) is 1. The van der Waals surface area contributed by atoms with Gasteiger partial charge in [0.2, 0.25) is 0 Å². The minimum atomic E-state index is -1.79. The van der Waals surface area contributed by atoms with Gasteiger partial charge in [-0.1, -0.05) is 25.3 Å². The summed E-state index contributed by atoms with van der Waals surface area (Å²) >= 11 is 0. The number of hydrogen-bond acceptors (Lipinski definition) is 10. The lowest BCUT2D eigenvalue weighted by Crippen LogP contribution is -2.52. The molecule has 0 aromatic heterocycles. The van der Waals surface area contributed by atoms with Crippen LogP contribution in [0, 0.1) is 5.92 Å². The summed E-state index contributed by atoms with van der Waals surface area (Å²) < 4.78 is 24.3. The molecule has 0 radical (unpaired) electrons. The molecule has 1 aromatic carbocycles. The van der Waals surface area contributed by atoms with E-state index in [-0.39, 0.29) is 36.2 Å². The lowest BCUT2D eigenvalue weighted by atomic mass is 9.86. The lowest BCUT2D eigenvalue weighted by molar-refractivity contribution is -0.158. The van der Waals surface area contributed by atoms with Gasteiger partial charge in [-0.15, -0.1) is 0 Å². The van der Waals surface area contributed by atoms with Gasteiger partial charge in [0.1, 0.15) is 11.6 Å². The van der Waals surface area contributed by atoms with E-state index in [1.807, 2.05) is 0 Å². The molecule has 188 valence electrons. The molecule has 0 amide bonds. The highest BCUT2D eigenvalue weighted by molar-refractivity contribution is 5.79. The van der Waals surface area contributed by atoms with Gasteiger partial charge < -0.3 is 34.5 Å². The molecule has 0 heterocycles. The third-order valence-corrected chi connectivity index (χ3v) is 5.58. The average Bonchev–Trinajstić information content (AvgIpc) is 2.80. The van der Waals surface area contributed by atoms with Crippen molar-refractivity contribution in [2.75, 3.05) is 14.2 Å². The van der Waals surface area contributed by atoms with Crippen molar-refractivity contribution in [3.63, 3.8) is 0 Å². The molecule has 1 aliphatic carbocycles. The number of esters is 1. The Kier molecular flexibility index (Phi) is 9.67. The molecule has 1 unspecified atom stereocenters. The number of methoxy groups -OCH3 is 2. The van der Waals surface area contributed by atoms with Gasteiger partial charge >= 0.3 is 24.2 Å². The maximum absolute atomic E-state index is 12.4. The van der Waals surface area contributed by atoms with E-state index < -0.39 is 29.9 Å². The molecule has 0 aliphatic heterocycles. The number of carboxylic acids is 1. The first kappa shape index (κ1) is 26.9. The van der Waals surface area contributed by atoms with Crippen molar-refractivity contribution in [3.05, 3.63) is 23.8 Å². The number of aliphatic carboxylic acids is 1. The predicted octanol–water partition coefficient (Wildman–Crippen LogP) is 3.20. The second-order valence-electron chi connectivity index (χ2n) is 8.32. The van der Waals surface area contributed by atoms with Crippen molar-refractivity contribution >= 4 is 24.2 Å². The number of hydrogen-bond donors (Lipinski definition) is 2. The Morgan fingerprint density at radius 1 is 1.03 bits per heavy atom. The highest BCUT2D eigenvalue weighted by Gasteiger charge is 2.38. The van der Waals surface area contributed by atoms with Gasteiger partial charge in [-0.25, -0.2) is 9.59 Å². The molecule has 0 saturated heterocycles. The van der Waals surface area contributed by atoms with Crippen molar-refractivity contribution in [1.29, 1.82) is 0 Å². The quantitative estimate of drug-likeness (QED) is 0.303. The van der Waals surface area contributed by atoms with Crippen LogP contribution in [0.4, 0.5) is 9.59 Å². The molecule has 3 N–H and O–H groups in total. The van der Waals surface area contributed by atoms with E-state index in [1.54, 1.807) is 6.92 Å². The first-order valence-corrected chi connectivity index (χ1v) is 10.9. The van der Waals surface area contributed by atoms with Crippen LogP contribution in [0.2, 0.25) is 0 Å². The maximum atomic E-state index is 12.4. The first-order valence-electron chi connectivity index (χ1n) is 10.9. The molecule has 0 spiro atoms. The van der Waals surface area contributed by atoms with Gasteiger partial charge in [-0.05, 0) is 37.5 Å². The van der Waals surface area contributed by atoms with Crippen molar-refractivity contribution in [2.45, 2.75) is 63.5 Å². The summed E-state index contributed by atoms with van der Waals surface area (Å²) in [5, 5.41) is 9.83. The molecule has 1 saturated carbocycles. The van der Waals surface area contributed by atoms with Crippen LogP contribution in [0.15, 0.2) is 18.2 Å². The molecule has 1 aromatic rings. The van der Waals surface area contributed by atoms with E-state index in [2.05, 4.69) is 9.47 Å². The molecule has 1 aliphatic rings. The molecular formula is C23H31NO10. The number of rotatable bonds is 9. The Labute approximate surface area is 197 Å². The van der Waals surface area contributed by atoms with E-state index in [0.29, 0.717) is 5.56 Å². The second kappa shape index (κ2) is 12.2. The summed E-state index contributed by atoms with van der Waals surface area (Å²) in [6.45, 7) is 1.60. The average molecular weight is 481 g/mol. The van der Waals surface area contributed by atoms with Gasteiger partial charge in [-0.2, -0.15) is 0 Å². The number of benzene rings is 1. The fraction of sp³-hybridized carbons (Fsp3) is 0.565. The van der Waals surface area contributed by atoms with Crippen molar-refractivity contribution < 1.29 is 48.0 Å². The number of ether oxygens (including phenoxy) is 5. The van der Waals surface area contributed by atoms with Gasteiger partial charge in [-0.3, -0.25) is 9.59 Å². The van der Waals surface area contributed by atoms with Crippen LogP contribution < -0.4 is 15.2 Å². The van der Waals surface area contributed by atoms with Crippen LogP contribution in [-0.2, 0) is 30.2 Å². The van der Waals surface area contributed by atoms with Gasteiger partial charge in [0, 0.05) is 12.8 Å². The van der Waals surface area contributed by atoms with Gasteiger partial charge in [0.15, 0.2) is 11.5 Å². The zero-order chi connectivity index (χ0) is 25.3. The highest BCUT2D eigenvalue weighted by Crippen LogP contribution is 2.32. The van der Waals surface area contributed by atoms with E-state index in [1.165, 1.54) is 18.2 Å². The molecule has 11 heteroatoms. The first-order chi connectivity index (χ1) is 16.1. The van der Waals surface area contributed by atoms with Gasteiger partial charge in [0.05, 0.1) is 20.1 Å². The summed E-state index contributed by atoms with van der Waals surface area (Å²) in [6, 6.07) is 4.07. The third-order valence-electron chi connectivity index (χ3n) is 5.58. The van der Waals surface area contributed by atoms with Crippen LogP contribution in [-0.4, -0.2) is 55.2 Å². The van der Waals surface area contributed by atoms with E-state index >= 15 is 0 Å². The van der Waals surface area contributed by atoms with E-state index in [0.717, 1.165) is 46.3 Å². The number of carbonyl (C=O) groups excluding carboxylic acids is 3. The van der Waals surface area contributed by atoms with Crippen molar-refractivity contribution in [1.82, 2.24) is 0 Å². The Bertz CT molecular complexity index is 896. The zero-order valence-corrected chi connectivity index (χ0v) is 19.5. The molecule has 2 atom stereocenters. The van der Waals surface area contributed by atoms with Crippen molar-refractivity contribution in [3.8, 4) is 11.5 Å². The Morgan fingerprint density at radius 2 is 1.62 bits per heavy atom. The second-order valence-corrected chi connectivity index (χ2v) is 8.32. The van der Waals surface area contributed by atoms with Crippen molar-refractivity contribution in [2.24, 2.45) is 11.7 Å². The predicted molar refractivity (Wildman–Crippen MR) is 118 cm³/mol. The van der Waals surface area contributed by atoms with Gasteiger partial charge in [0.25, 0.3) is 0 Å². The minimum absolute atomic E-state index is 0.144. The zero-order valence-electron chi connectivity index (χ0n) is 19.5. The van der Waals surface area contributed by atoms with Crippen LogP contribution in [0.3, 0.4) is 0 Å². The fourth-order valence-electron chi connectivity index (χ4n) is 3.88. The SMILES string of the molecule is COC(=O)Oc1ccc(CC(N)(C[C@H](C)OC(=O)C2CCCCC2)C(=O)O)cc1OC(=O)OC. The summed E-state index contributed by atoms with van der Waals surface area (Å²) in [7, 11) is 2.20. The monoisotopic (exact) mass is 481 g/mol. The summed E-state index contributed by atoms with van der Waals surface area (Å²) in [4.78, 5) is 47.5. The molecule has 2 rings (SSSR count). The lowest BCUT2D eigenvalue weighted by Gasteiger charge is -2.29. The highest BCUT2D eigenvalue weighted by atomic mass is 16.7. The smallest absolute Gasteiger partial charge is 0.480 e. The van der Waals surface area contributed by atoms with Crippen LogP contribution in [0.1, 0.15) is 51.0 Å². The normalized spacial score (nSPS) is 16.5. The Morgan fingerprint density at radius 3 is 2.18 bits per heavy atom. The maximum Gasteiger partial charge on any atom is 0.513 e. The standard InChI is InChI=1S/C23H31NO10/c1-14(32-19(25)16-7-5-4-6-8-16)12-23(24,20(26)27)13-15-9-10-17(33-21(28)30-2)18(11-15)34-22(29)31-3/h9-11,14,16H,4-8,12-13,24H2,1-3H3,(H,26,27)/t14-,23?/m0/s1. The number of carbonyl (C=O) groups is 4. The topological polar surface area (TPSA) is 161 Å².